The van der Waals surface area contributed by atoms with E-state index in [0.717, 1.165) is 5.56 Å². The Labute approximate surface area is 252 Å². The molecule has 0 fully saturated rings. The first-order valence-electron chi connectivity index (χ1n) is 13.9. The first-order valence-corrected chi connectivity index (χ1v) is 14.7. The average molecular weight is 601 g/mol. The number of hydrogen-bond donors (Lipinski definition) is 0. The Morgan fingerprint density at radius 3 is 2.56 bits per heavy atom. The van der Waals surface area contributed by atoms with Gasteiger partial charge in [-0.1, -0.05) is 29.5 Å². The Balaban J connectivity index is 1.66. The number of methoxy groups -OCH3 is 1. The highest BCUT2D eigenvalue weighted by Crippen LogP contribution is 2.36. The zero-order chi connectivity index (χ0) is 31.0. The maximum absolute atomic E-state index is 14.0. The minimum atomic E-state index is -0.745. The van der Waals surface area contributed by atoms with Crippen LogP contribution >= 0.6 is 11.3 Å². The fraction of sp³-hybridized carbons (Fsp3) is 0.281. The molecule has 2 aromatic carbocycles. The highest BCUT2D eigenvalue weighted by atomic mass is 32.1. The minimum absolute atomic E-state index is 0.0167. The van der Waals surface area contributed by atoms with Crippen molar-refractivity contribution >= 4 is 29.0 Å². The van der Waals surface area contributed by atoms with Gasteiger partial charge in [0.15, 0.2) is 4.80 Å². The fourth-order valence-corrected chi connectivity index (χ4v) is 6.38. The zero-order valence-corrected chi connectivity index (χ0v) is 25.7. The molecule has 1 amide bonds. The molecule has 0 saturated heterocycles. The van der Waals surface area contributed by atoms with Gasteiger partial charge in [-0.2, -0.15) is 0 Å². The first kappa shape index (κ1) is 29.7. The van der Waals surface area contributed by atoms with Crippen LogP contribution in [-0.4, -0.2) is 40.5 Å². The molecule has 1 aliphatic rings. The van der Waals surface area contributed by atoms with E-state index < -0.39 is 11.0 Å². The van der Waals surface area contributed by atoms with Gasteiger partial charge in [0, 0.05) is 41.9 Å². The van der Waals surface area contributed by atoms with Gasteiger partial charge in [-0.25, -0.2) is 4.99 Å². The topological polar surface area (TPSA) is 120 Å². The lowest BCUT2D eigenvalue weighted by Crippen LogP contribution is -2.43. The first-order chi connectivity index (χ1) is 20.6. The van der Waals surface area contributed by atoms with E-state index in [9.17, 15) is 19.7 Å². The number of nitro groups is 1. The summed E-state index contributed by atoms with van der Waals surface area (Å²) in [5.41, 5.74) is 3.28. The van der Waals surface area contributed by atoms with E-state index in [0.29, 0.717) is 67.7 Å². The zero-order valence-electron chi connectivity index (χ0n) is 24.8. The molecule has 222 valence electrons. The summed E-state index contributed by atoms with van der Waals surface area (Å²) in [7, 11) is 1.56. The molecule has 10 nitrogen and oxygen atoms in total. The summed E-state index contributed by atoms with van der Waals surface area (Å²) in [6.45, 7) is 10.2. The third-order valence-corrected chi connectivity index (χ3v) is 8.74. The van der Waals surface area contributed by atoms with Gasteiger partial charge in [0.2, 0.25) is 0 Å². The van der Waals surface area contributed by atoms with Gasteiger partial charge in [-0.05, 0) is 64.4 Å². The summed E-state index contributed by atoms with van der Waals surface area (Å²) < 4.78 is 13.6. The standard InChI is InChI=1S/C32H32N4O6S/c1-7-34(8-2)31(38)28-20(5)33-32-35(29(28)23-11-9-10-12-26(23)41-6)30(37)27(43-32)17-22-13-14-25(42-22)21-15-18(3)19(4)24(16-21)36(39)40/h9-17,29H,7-8H2,1-6H3/b27-17+/t29-/m0/s1. The number of thiazole rings is 1. The Hall–Kier alpha value is -4.77. The average Bonchev–Trinajstić information content (AvgIpc) is 3.58. The monoisotopic (exact) mass is 600 g/mol. The second-order valence-electron chi connectivity index (χ2n) is 10.2. The minimum Gasteiger partial charge on any atom is -0.496 e. The molecule has 3 heterocycles. The number of furan rings is 1. The van der Waals surface area contributed by atoms with Gasteiger partial charge >= 0.3 is 0 Å². The van der Waals surface area contributed by atoms with Crippen LogP contribution in [0.4, 0.5) is 5.69 Å². The number of hydrogen-bond acceptors (Lipinski definition) is 8. The number of aryl methyl sites for hydroxylation is 1. The van der Waals surface area contributed by atoms with Crippen molar-refractivity contribution in [3.05, 3.63) is 112 Å². The van der Waals surface area contributed by atoms with Crippen molar-refractivity contribution < 1.29 is 18.9 Å². The number of nitro benzene ring substituents is 1. The largest absolute Gasteiger partial charge is 0.496 e. The van der Waals surface area contributed by atoms with Crippen LogP contribution < -0.4 is 19.6 Å². The van der Waals surface area contributed by atoms with Crippen molar-refractivity contribution in [3.63, 3.8) is 0 Å². The highest BCUT2D eigenvalue weighted by Gasteiger charge is 2.35. The predicted molar refractivity (Wildman–Crippen MR) is 165 cm³/mol. The molecule has 43 heavy (non-hydrogen) atoms. The summed E-state index contributed by atoms with van der Waals surface area (Å²) in [6, 6.07) is 13.4. The Bertz CT molecular complexity index is 1960. The summed E-state index contributed by atoms with van der Waals surface area (Å²) in [5, 5.41) is 11.6. The van der Waals surface area contributed by atoms with Crippen molar-refractivity contribution in [3.8, 4) is 17.1 Å². The molecular weight excluding hydrogens is 568 g/mol. The number of rotatable bonds is 8. The predicted octanol–water partition coefficient (Wildman–Crippen LogP) is 4.90. The molecule has 11 heteroatoms. The number of likely N-dealkylation sites (N-methyl/N-ethyl adjacent to an activating group) is 1. The van der Waals surface area contributed by atoms with Crippen LogP contribution in [0.25, 0.3) is 17.4 Å². The van der Waals surface area contributed by atoms with Crippen LogP contribution in [-0.2, 0) is 4.79 Å². The van der Waals surface area contributed by atoms with Crippen molar-refractivity contribution in [2.75, 3.05) is 20.2 Å². The van der Waals surface area contributed by atoms with E-state index in [4.69, 9.17) is 14.1 Å². The Morgan fingerprint density at radius 2 is 1.88 bits per heavy atom. The smallest absolute Gasteiger partial charge is 0.273 e. The van der Waals surface area contributed by atoms with Crippen LogP contribution in [0.15, 0.2) is 74.0 Å². The lowest BCUT2D eigenvalue weighted by Gasteiger charge is -2.29. The summed E-state index contributed by atoms with van der Waals surface area (Å²) in [5.74, 6) is 1.22. The van der Waals surface area contributed by atoms with Crippen LogP contribution in [0.2, 0.25) is 0 Å². The molecule has 0 radical (unpaired) electrons. The van der Waals surface area contributed by atoms with Crippen molar-refractivity contribution in [1.29, 1.82) is 0 Å². The van der Waals surface area contributed by atoms with Crippen LogP contribution in [0.5, 0.6) is 5.75 Å². The number of para-hydroxylation sites is 1. The molecule has 0 saturated carbocycles. The maximum atomic E-state index is 14.0. The van der Waals surface area contributed by atoms with E-state index >= 15 is 0 Å². The van der Waals surface area contributed by atoms with Crippen molar-refractivity contribution in [1.82, 2.24) is 9.47 Å². The maximum Gasteiger partial charge on any atom is 0.273 e. The number of carbonyl (C=O) groups is 1. The van der Waals surface area contributed by atoms with Gasteiger partial charge in [-0.3, -0.25) is 24.3 Å². The third-order valence-electron chi connectivity index (χ3n) is 7.76. The molecule has 1 atom stereocenters. The number of allylic oxidation sites excluding steroid dienone is 1. The number of amides is 1. The fourth-order valence-electron chi connectivity index (χ4n) is 5.35. The number of nitrogens with zero attached hydrogens (tertiary/aromatic N) is 4. The summed E-state index contributed by atoms with van der Waals surface area (Å²) in [4.78, 5) is 45.9. The molecule has 2 aromatic heterocycles. The molecule has 0 bridgehead atoms. The van der Waals surface area contributed by atoms with Gasteiger partial charge in [-0.15, -0.1) is 0 Å². The van der Waals surface area contributed by atoms with Gasteiger partial charge in [0.25, 0.3) is 17.2 Å². The molecule has 0 unspecified atom stereocenters. The molecular formula is C32H32N4O6S. The van der Waals surface area contributed by atoms with E-state index in [1.165, 1.54) is 17.4 Å². The molecule has 4 aromatic rings. The van der Waals surface area contributed by atoms with Gasteiger partial charge in [0.05, 0.1) is 27.8 Å². The lowest BCUT2D eigenvalue weighted by molar-refractivity contribution is -0.385. The molecule has 0 spiro atoms. The molecule has 0 N–H and O–H groups in total. The number of aromatic nitrogens is 1. The Morgan fingerprint density at radius 1 is 1.16 bits per heavy atom. The van der Waals surface area contributed by atoms with E-state index in [2.05, 4.69) is 0 Å². The quantitative estimate of drug-likeness (QED) is 0.210. The van der Waals surface area contributed by atoms with E-state index in [1.807, 2.05) is 51.1 Å². The normalized spacial score (nSPS) is 14.8. The number of fused-ring (bicyclic) bond motifs is 1. The van der Waals surface area contributed by atoms with Crippen molar-refractivity contribution in [2.45, 2.75) is 40.7 Å². The lowest BCUT2D eigenvalue weighted by atomic mass is 9.94. The molecule has 1 aliphatic heterocycles. The molecule has 0 aliphatic carbocycles. The third kappa shape index (κ3) is 5.32. The second kappa shape index (κ2) is 11.8. The number of ether oxygens (including phenoxy) is 1. The number of benzene rings is 2. The van der Waals surface area contributed by atoms with E-state index in [1.54, 1.807) is 48.6 Å². The second-order valence-corrected chi connectivity index (χ2v) is 11.2. The molecule has 5 rings (SSSR count). The van der Waals surface area contributed by atoms with Crippen LogP contribution in [0.1, 0.15) is 49.3 Å². The Kier molecular flexibility index (Phi) is 8.19. The van der Waals surface area contributed by atoms with Crippen LogP contribution in [0, 0.1) is 24.0 Å². The highest BCUT2D eigenvalue weighted by molar-refractivity contribution is 7.07. The van der Waals surface area contributed by atoms with Crippen molar-refractivity contribution in [2.24, 2.45) is 4.99 Å². The summed E-state index contributed by atoms with van der Waals surface area (Å²) in [6.07, 6.45) is 1.63. The van der Waals surface area contributed by atoms with Crippen LogP contribution in [0.3, 0.4) is 0 Å². The SMILES string of the molecule is CCN(CC)C(=O)C1=C(C)N=c2s/c(=C/c3ccc(-c4cc(C)c(C)c([N+](=O)[O-])c4)o3)c(=O)n2[C@H]1c1ccccc1OC. The van der Waals surface area contributed by atoms with E-state index in [-0.39, 0.29) is 17.2 Å². The van der Waals surface area contributed by atoms with Gasteiger partial charge < -0.3 is 14.1 Å². The number of carbonyl (C=O) groups excluding carboxylic acids is 1. The summed E-state index contributed by atoms with van der Waals surface area (Å²) >= 11 is 1.20. The van der Waals surface area contributed by atoms with Gasteiger partial charge in [0.1, 0.15) is 23.3 Å².